The molecule has 0 atom stereocenters. The summed E-state index contributed by atoms with van der Waals surface area (Å²) in [5.74, 6) is 2.46. The number of hydrogen-bond donors (Lipinski definition) is 0. The second-order valence-electron chi connectivity index (χ2n) is 7.64. The van der Waals surface area contributed by atoms with Crippen molar-refractivity contribution >= 4 is 17.7 Å². The van der Waals surface area contributed by atoms with E-state index in [1.165, 1.54) is 11.8 Å². The second-order valence-corrected chi connectivity index (χ2v) is 8.58. The smallest absolute Gasteiger partial charge is 0.254 e. The van der Waals surface area contributed by atoms with Gasteiger partial charge in [-0.3, -0.25) is 9.36 Å². The Morgan fingerprint density at radius 3 is 2.62 bits per heavy atom. The molecule has 8 nitrogen and oxygen atoms in total. The molecule has 34 heavy (non-hydrogen) atoms. The highest BCUT2D eigenvalue weighted by molar-refractivity contribution is 7.98. The molecule has 2 aromatic carbocycles. The summed E-state index contributed by atoms with van der Waals surface area (Å²) < 4.78 is 18.5. The maximum absolute atomic E-state index is 13.2. The lowest BCUT2D eigenvalue weighted by Gasteiger charge is -2.27. The van der Waals surface area contributed by atoms with Gasteiger partial charge in [0.05, 0.1) is 32.3 Å². The van der Waals surface area contributed by atoms with Crippen molar-refractivity contribution in [3.63, 3.8) is 0 Å². The first-order valence-electron chi connectivity index (χ1n) is 11.0. The number of amides is 1. The third-order valence-corrected chi connectivity index (χ3v) is 6.58. The van der Waals surface area contributed by atoms with Crippen molar-refractivity contribution in [1.82, 2.24) is 19.7 Å². The average Bonchev–Trinajstić information content (AvgIpc) is 3.58. The number of methoxy groups -OCH3 is 1. The Morgan fingerprint density at radius 2 is 1.82 bits per heavy atom. The Kier molecular flexibility index (Phi) is 6.64. The van der Waals surface area contributed by atoms with Crippen LogP contribution in [0.3, 0.4) is 0 Å². The highest BCUT2D eigenvalue weighted by atomic mass is 32.2. The van der Waals surface area contributed by atoms with Gasteiger partial charge in [0.25, 0.3) is 5.91 Å². The van der Waals surface area contributed by atoms with E-state index in [0.29, 0.717) is 60.1 Å². The minimum absolute atomic E-state index is 0.0296. The van der Waals surface area contributed by atoms with Crippen LogP contribution in [-0.4, -0.2) is 59.0 Å². The number of aromatic nitrogens is 3. The lowest BCUT2D eigenvalue weighted by molar-refractivity contribution is 0.0302. The Hall–Kier alpha value is -3.56. The third-order valence-electron chi connectivity index (χ3n) is 5.60. The Morgan fingerprint density at radius 1 is 1.03 bits per heavy atom. The topological polar surface area (TPSA) is 82.6 Å². The van der Waals surface area contributed by atoms with Crippen LogP contribution < -0.4 is 4.74 Å². The molecule has 174 valence electrons. The summed E-state index contributed by atoms with van der Waals surface area (Å²) in [5, 5.41) is 9.53. The Balaban J connectivity index is 1.47. The van der Waals surface area contributed by atoms with Crippen LogP contribution in [-0.2, 0) is 10.5 Å². The lowest BCUT2D eigenvalue weighted by atomic mass is 10.1. The predicted molar refractivity (Wildman–Crippen MR) is 128 cm³/mol. The van der Waals surface area contributed by atoms with E-state index in [9.17, 15) is 4.79 Å². The number of rotatable bonds is 7. The van der Waals surface area contributed by atoms with Gasteiger partial charge in [-0.1, -0.05) is 42.1 Å². The molecule has 1 fully saturated rings. The molecule has 0 radical (unpaired) electrons. The zero-order valence-corrected chi connectivity index (χ0v) is 19.5. The van der Waals surface area contributed by atoms with Crippen LogP contribution in [0.15, 0.2) is 76.5 Å². The van der Waals surface area contributed by atoms with Gasteiger partial charge in [-0.25, -0.2) is 0 Å². The second kappa shape index (κ2) is 10.1. The van der Waals surface area contributed by atoms with Gasteiger partial charge < -0.3 is 18.8 Å². The first-order chi connectivity index (χ1) is 16.8. The summed E-state index contributed by atoms with van der Waals surface area (Å²) in [6.07, 6.45) is 1.61. The minimum atomic E-state index is 0.0296. The number of morpholine rings is 1. The quantitative estimate of drug-likeness (QED) is 0.368. The number of carbonyl (C=O) groups is 1. The molecule has 0 bridgehead atoms. The number of benzene rings is 2. The van der Waals surface area contributed by atoms with E-state index >= 15 is 0 Å². The van der Waals surface area contributed by atoms with Crippen LogP contribution in [0, 0.1) is 0 Å². The molecule has 0 aliphatic carbocycles. The SMILES string of the molecule is COc1ccccc1-n1c(SCc2ccccc2C(=O)N2CCOCC2)nnc1-c1ccco1. The van der Waals surface area contributed by atoms with Crippen molar-refractivity contribution in [2.75, 3.05) is 33.4 Å². The molecule has 0 unspecified atom stereocenters. The maximum atomic E-state index is 13.2. The van der Waals surface area contributed by atoms with Crippen molar-refractivity contribution in [1.29, 1.82) is 0 Å². The minimum Gasteiger partial charge on any atom is -0.495 e. The van der Waals surface area contributed by atoms with Crippen molar-refractivity contribution in [2.45, 2.75) is 10.9 Å². The standard InChI is InChI=1S/C25H24N4O4S/c1-31-21-10-5-4-9-20(21)29-23(22-11-6-14-33-22)26-27-25(29)34-17-18-7-2-3-8-19(18)24(30)28-12-15-32-16-13-28/h2-11,14H,12-13,15-17H2,1H3. The molecule has 1 aliphatic heterocycles. The average molecular weight is 477 g/mol. The molecule has 0 saturated carbocycles. The van der Waals surface area contributed by atoms with Crippen LogP contribution in [0.1, 0.15) is 15.9 Å². The largest absolute Gasteiger partial charge is 0.495 e. The van der Waals surface area contributed by atoms with Crippen LogP contribution in [0.25, 0.3) is 17.3 Å². The Labute approximate surface area is 201 Å². The first kappa shape index (κ1) is 22.2. The summed E-state index contributed by atoms with van der Waals surface area (Å²) in [7, 11) is 1.63. The summed E-state index contributed by atoms with van der Waals surface area (Å²) in [6.45, 7) is 2.35. The fourth-order valence-electron chi connectivity index (χ4n) is 3.89. The number of ether oxygens (including phenoxy) is 2. The van der Waals surface area contributed by atoms with E-state index < -0.39 is 0 Å². The fourth-order valence-corrected chi connectivity index (χ4v) is 4.84. The molecule has 3 heterocycles. The molecule has 2 aromatic heterocycles. The van der Waals surface area contributed by atoms with Gasteiger partial charge in [-0.2, -0.15) is 0 Å². The van der Waals surface area contributed by atoms with Gasteiger partial charge >= 0.3 is 0 Å². The zero-order valence-electron chi connectivity index (χ0n) is 18.7. The molecule has 1 aliphatic rings. The van der Waals surface area contributed by atoms with Gasteiger partial charge in [0.15, 0.2) is 10.9 Å². The zero-order chi connectivity index (χ0) is 23.3. The molecule has 5 rings (SSSR count). The van der Waals surface area contributed by atoms with Crippen LogP contribution in [0.5, 0.6) is 5.75 Å². The van der Waals surface area contributed by atoms with Crippen molar-refractivity contribution in [2.24, 2.45) is 0 Å². The third kappa shape index (κ3) is 4.44. The monoisotopic (exact) mass is 476 g/mol. The molecule has 0 spiro atoms. The van der Waals surface area contributed by atoms with Crippen molar-refractivity contribution in [3.05, 3.63) is 78.1 Å². The first-order valence-corrected chi connectivity index (χ1v) is 11.9. The number of furan rings is 1. The number of nitrogens with zero attached hydrogens (tertiary/aromatic N) is 4. The van der Waals surface area contributed by atoms with Gasteiger partial charge in [0, 0.05) is 24.4 Å². The van der Waals surface area contributed by atoms with Crippen LogP contribution in [0.2, 0.25) is 0 Å². The molecule has 0 N–H and O–H groups in total. The summed E-state index contributed by atoms with van der Waals surface area (Å²) in [4.78, 5) is 15.0. The molecule has 1 amide bonds. The fraction of sp³-hybridized carbons (Fsp3) is 0.240. The van der Waals surface area contributed by atoms with Crippen LogP contribution in [0.4, 0.5) is 0 Å². The number of thioether (sulfide) groups is 1. The maximum Gasteiger partial charge on any atom is 0.254 e. The molecular formula is C25H24N4O4S. The van der Waals surface area contributed by atoms with Gasteiger partial charge in [-0.15, -0.1) is 10.2 Å². The summed E-state index contributed by atoms with van der Waals surface area (Å²) in [6, 6.07) is 19.1. The lowest BCUT2D eigenvalue weighted by Crippen LogP contribution is -2.41. The van der Waals surface area contributed by atoms with E-state index in [1.54, 1.807) is 13.4 Å². The molecule has 4 aromatic rings. The van der Waals surface area contributed by atoms with Gasteiger partial charge in [-0.05, 0) is 35.9 Å². The normalized spacial score (nSPS) is 13.7. The van der Waals surface area contributed by atoms with Crippen molar-refractivity contribution in [3.8, 4) is 23.0 Å². The van der Waals surface area contributed by atoms with E-state index in [4.69, 9.17) is 13.9 Å². The highest BCUT2D eigenvalue weighted by Crippen LogP contribution is 2.34. The van der Waals surface area contributed by atoms with Crippen LogP contribution >= 0.6 is 11.8 Å². The number of carbonyl (C=O) groups excluding carboxylic acids is 1. The summed E-state index contributed by atoms with van der Waals surface area (Å²) in [5.41, 5.74) is 2.45. The summed E-state index contributed by atoms with van der Waals surface area (Å²) >= 11 is 1.51. The highest BCUT2D eigenvalue weighted by Gasteiger charge is 2.23. The molecule has 1 saturated heterocycles. The number of hydrogen-bond acceptors (Lipinski definition) is 7. The van der Waals surface area contributed by atoms with E-state index in [0.717, 1.165) is 11.3 Å². The van der Waals surface area contributed by atoms with Crippen molar-refractivity contribution < 1.29 is 18.7 Å². The Bertz CT molecular complexity index is 1270. The van der Waals surface area contributed by atoms with Gasteiger partial charge in [0.2, 0.25) is 5.82 Å². The predicted octanol–water partition coefficient (Wildman–Crippen LogP) is 4.30. The van der Waals surface area contributed by atoms with Gasteiger partial charge in [0.1, 0.15) is 5.75 Å². The molecule has 9 heteroatoms. The number of para-hydroxylation sites is 2. The van der Waals surface area contributed by atoms with E-state index in [1.807, 2.05) is 70.1 Å². The van der Waals surface area contributed by atoms with E-state index in [2.05, 4.69) is 10.2 Å². The van der Waals surface area contributed by atoms with E-state index in [-0.39, 0.29) is 5.91 Å². The molecular weight excluding hydrogens is 452 g/mol.